The molecule has 0 aliphatic heterocycles. The van der Waals surface area contributed by atoms with Crippen molar-refractivity contribution in [1.82, 2.24) is 5.32 Å². The fraction of sp³-hybridized carbons (Fsp3) is 0.0455. The average Bonchev–Trinajstić information content (AvgIpc) is 2.74. The number of carbonyl (C=O) groups excluding carboxylic acids is 1. The van der Waals surface area contributed by atoms with Crippen LogP contribution in [0.25, 0.3) is 6.08 Å². The second-order valence-electron chi connectivity index (χ2n) is 6.18. The lowest BCUT2D eigenvalue weighted by Gasteiger charge is -2.14. The normalized spacial score (nSPS) is 11.3. The third-order valence-electron chi connectivity index (χ3n) is 4.02. The van der Waals surface area contributed by atoms with Gasteiger partial charge in [-0.25, -0.2) is 8.42 Å². The van der Waals surface area contributed by atoms with Gasteiger partial charge in [-0.05, 0) is 54.1 Å². The van der Waals surface area contributed by atoms with Gasteiger partial charge in [0.1, 0.15) is 5.75 Å². The molecule has 0 spiro atoms. The van der Waals surface area contributed by atoms with E-state index >= 15 is 0 Å². The Morgan fingerprint density at radius 3 is 2.37 bits per heavy atom. The quantitative estimate of drug-likeness (QED) is 0.520. The highest BCUT2D eigenvalue weighted by Crippen LogP contribution is 2.33. The van der Waals surface area contributed by atoms with Gasteiger partial charge in [0.25, 0.3) is 10.0 Å². The molecule has 0 aromatic heterocycles. The molecule has 0 aliphatic rings. The van der Waals surface area contributed by atoms with E-state index < -0.39 is 10.0 Å². The predicted molar refractivity (Wildman–Crippen MR) is 118 cm³/mol. The monoisotopic (exact) mass is 442 g/mol. The maximum absolute atomic E-state index is 12.8. The Hall–Kier alpha value is -3.29. The van der Waals surface area contributed by atoms with Crippen molar-refractivity contribution in [3.63, 3.8) is 0 Å². The predicted octanol–water partition coefficient (Wildman–Crippen LogP) is 4.69. The van der Waals surface area contributed by atoms with Crippen LogP contribution in [0.1, 0.15) is 5.56 Å². The summed E-state index contributed by atoms with van der Waals surface area (Å²) in [6.07, 6.45) is 2.95. The number of hydrogen-bond donors (Lipinski definition) is 2. The molecular weight excluding hydrogens is 424 g/mol. The van der Waals surface area contributed by atoms with Crippen LogP contribution >= 0.6 is 11.6 Å². The number of sulfonamides is 1. The Morgan fingerprint density at radius 2 is 1.70 bits per heavy atom. The van der Waals surface area contributed by atoms with Gasteiger partial charge < -0.3 is 10.1 Å². The molecule has 0 atom stereocenters. The summed E-state index contributed by atoms with van der Waals surface area (Å²) >= 11 is 6.06. The molecule has 0 heterocycles. The summed E-state index contributed by atoms with van der Waals surface area (Å²) in [5.74, 6) is 0.632. The van der Waals surface area contributed by atoms with Crippen LogP contribution in [0.5, 0.6) is 11.5 Å². The van der Waals surface area contributed by atoms with E-state index in [0.717, 1.165) is 0 Å². The van der Waals surface area contributed by atoms with E-state index in [9.17, 15) is 13.2 Å². The maximum Gasteiger partial charge on any atom is 0.262 e. The van der Waals surface area contributed by atoms with Crippen molar-refractivity contribution in [2.24, 2.45) is 0 Å². The number of amides is 1. The van der Waals surface area contributed by atoms with E-state index in [1.165, 1.54) is 31.3 Å². The number of likely N-dealkylation sites (N-methyl/N-ethyl adjacent to an activating group) is 1. The van der Waals surface area contributed by atoms with Crippen LogP contribution < -0.4 is 14.8 Å². The Morgan fingerprint density at radius 1 is 1.00 bits per heavy atom. The lowest BCUT2D eigenvalue weighted by Crippen LogP contribution is -2.14. The number of rotatable bonds is 7. The van der Waals surface area contributed by atoms with Crippen molar-refractivity contribution >= 4 is 39.3 Å². The summed E-state index contributed by atoms with van der Waals surface area (Å²) in [6, 6.07) is 19.8. The molecule has 3 aromatic rings. The van der Waals surface area contributed by atoms with E-state index in [4.69, 9.17) is 16.3 Å². The summed E-state index contributed by atoms with van der Waals surface area (Å²) in [4.78, 5) is 11.3. The van der Waals surface area contributed by atoms with Crippen molar-refractivity contribution in [1.29, 1.82) is 0 Å². The molecule has 154 valence electrons. The molecule has 30 heavy (non-hydrogen) atoms. The van der Waals surface area contributed by atoms with E-state index in [1.54, 1.807) is 42.5 Å². The molecular formula is C22H19ClN2O4S. The summed E-state index contributed by atoms with van der Waals surface area (Å²) in [7, 11) is -2.36. The fourth-order valence-electron chi connectivity index (χ4n) is 2.50. The Kier molecular flexibility index (Phi) is 6.76. The van der Waals surface area contributed by atoms with E-state index in [1.807, 2.05) is 18.2 Å². The molecule has 8 heteroatoms. The standard InChI is InChI=1S/C22H19ClN2O4S/c1-24-22(26)14-9-16-7-11-19(12-8-16)30(27,28)25-20-15-17(23)10-13-21(20)29-18-5-3-2-4-6-18/h2-15,25H,1H3,(H,24,26)/b14-9+. The number of anilines is 1. The molecule has 0 fully saturated rings. The minimum atomic E-state index is -3.89. The maximum atomic E-state index is 12.8. The molecule has 0 bridgehead atoms. The third kappa shape index (κ3) is 5.62. The topological polar surface area (TPSA) is 84.5 Å². The molecule has 0 radical (unpaired) electrons. The Balaban J connectivity index is 1.83. The van der Waals surface area contributed by atoms with Gasteiger partial charge in [-0.2, -0.15) is 0 Å². The molecule has 6 nitrogen and oxygen atoms in total. The van der Waals surface area contributed by atoms with Crippen molar-refractivity contribution in [2.45, 2.75) is 4.90 Å². The number of halogens is 1. The second-order valence-corrected chi connectivity index (χ2v) is 8.30. The number of benzene rings is 3. The minimum absolute atomic E-state index is 0.0604. The zero-order chi connectivity index (χ0) is 21.6. The van der Waals surface area contributed by atoms with Crippen LogP contribution in [-0.4, -0.2) is 21.4 Å². The molecule has 0 unspecified atom stereocenters. The first-order valence-electron chi connectivity index (χ1n) is 8.92. The molecule has 0 saturated carbocycles. The van der Waals surface area contributed by atoms with Crippen molar-refractivity contribution in [3.8, 4) is 11.5 Å². The van der Waals surface area contributed by atoms with Gasteiger partial charge in [-0.1, -0.05) is 41.9 Å². The third-order valence-corrected chi connectivity index (χ3v) is 5.64. The molecule has 3 aromatic carbocycles. The molecule has 0 saturated heterocycles. The number of para-hydroxylation sites is 1. The number of nitrogens with one attached hydrogen (secondary N) is 2. The van der Waals surface area contributed by atoms with E-state index in [-0.39, 0.29) is 16.5 Å². The van der Waals surface area contributed by atoms with Gasteiger partial charge in [0.2, 0.25) is 5.91 Å². The zero-order valence-corrected chi connectivity index (χ0v) is 17.6. The summed E-state index contributed by atoms with van der Waals surface area (Å²) in [5.41, 5.74) is 0.906. The molecule has 1 amide bonds. The van der Waals surface area contributed by atoms with Crippen LogP contribution in [-0.2, 0) is 14.8 Å². The lowest BCUT2D eigenvalue weighted by atomic mass is 10.2. The Bertz CT molecular complexity index is 1160. The van der Waals surface area contributed by atoms with Gasteiger partial charge in [0.05, 0.1) is 10.6 Å². The SMILES string of the molecule is CNC(=O)/C=C/c1ccc(S(=O)(=O)Nc2cc(Cl)ccc2Oc2ccccc2)cc1. The number of ether oxygens (including phenoxy) is 1. The largest absolute Gasteiger partial charge is 0.455 e. The first-order valence-corrected chi connectivity index (χ1v) is 10.8. The van der Waals surface area contributed by atoms with Gasteiger partial charge in [-0.15, -0.1) is 0 Å². The number of carbonyl (C=O) groups is 1. The molecule has 2 N–H and O–H groups in total. The molecule has 3 rings (SSSR count). The lowest BCUT2D eigenvalue weighted by molar-refractivity contribution is -0.115. The van der Waals surface area contributed by atoms with E-state index in [0.29, 0.717) is 22.1 Å². The summed E-state index contributed by atoms with van der Waals surface area (Å²) in [6.45, 7) is 0. The molecule has 0 aliphatic carbocycles. The van der Waals surface area contributed by atoms with E-state index in [2.05, 4.69) is 10.0 Å². The highest BCUT2D eigenvalue weighted by molar-refractivity contribution is 7.92. The van der Waals surface area contributed by atoms with Gasteiger partial charge in [-0.3, -0.25) is 9.52 Å². The van der Waals surface area contributed by atoms with Crippen LogP contribution in [0.3, 0.4) is 0 Å². The zero-order valence-electron chi connectivity index (χ0n) is 16.0. The van der Waals surface area contributed by atoms with Gasteiger partial charge in [0.15, 0.2) is 5.75 Å². The smallest absolute Gasteiger partial charge is 0.262 e. The highest BCUT2D eigenvalue weighted by atomic mass is 35.5. The van der Waals surface area contributed by atoms with Crippen molar-refractivity contribution < 1.29 is 17.9 Å². The van der Waals surface area contributed by atoms with Crippen LogP contribution in [0, 0.1) is 0 Å². The van der Waals surface area contributed by atoms with Crippen LogP contribution in [0.4, 0.5) is 5.69 Å². The fourth-order valence-corrected chi connectivity index (χ4v) is 3.74. The first kappa shape index (κ1) is 21.4. The van der Waals surface area contributed by atoms with Crippen LogP contribution in [0.2, 0.25) is 5.02 Å². The van der Waals surface area contributed by atoms with Gasteiger partial charge >= 0.3 is 0 Å². The Labute approximate surface area is 180 Å². The van der Waals surface area contributed by atoms with Crippen molar-refractivity contribution in [2.75, 3.05) is 11.8 Å². The number of hydrogen-bond acceptors (Lipinski definition) is 4. The van der Waals surface area contributed by atoms with Crippen molar-refractivity contribution in [3.05, 3.63) is 89.5 Å². The van der Waals surface area contributed by atoms with Crippen LogP contribution in [0.15, 0.2) is 83.8 Å². The summed E-state index contributed by atoms with van der Waals surface area (Å²) < 4.78 is 34.0. The summed E-state index contributed by atoms with van der Waals surface area (Å²) in [5, 5.41) is 2.83. The second kappa shape index (κ2) is 9.47. The van der Waals surface area contributed by atoms with Gasteiger partial charge in [0, 0.05) is 18.1 Å². The minimum Gasteiger partial charge on any atom is -0.455 e. The highest BCUT2D eigenvalue weighted by Gasteiger charge is 2.17. The average molecular weight is 443 g/mol. The first-order chi connectivity index (χ1) is 14.4.